The van der Waals surface area contributed by atoms with Crippen LogP contribution in [0.4, 0.5) is 4.39 Å². The predicted octanol–water partition coefficient (Wildman–Crippen LogP) is 2.13. The van der Waals surface area contributed by atoms with E-state index < -0.39 is 5.82 Å². The molecule has 2 aromatic heterocycles. The number of ether oxygens (including phenoxy) is 2. The minimum atomic E-state index is -0.605. The van der Waals surface area contributed by atoms with Crippen molar-refractivity contribution < 1.29 is 23.5 Å². The Kier molecular flexibility index (Phi) is 5.53. The number of carbonyl (C=O) groups excluding carboxylic acids is 2. The van der Waals surface area contributed by atoms with E-state index in [2.05, 4.69) is 20.7 Å². The highest BCUT2D eigenvalue weighted by Crippen LogP contribution is 2.52. The monoisotopic (exact) mass is 473 g/mol. The van der Waals surface area contributed by atoms with Crippen LogP contribution in [0.2, 0.25) is 5.02 Å². The molecule has 6 rings (SSSR count). The zero-order valence-corrected chi connectivity index (χ0v) is 18.2. The number of benzene rings is 1. The number of amides is 2. The SMILES string of the molecule is O=C(COc1ccn2nccc2n1)NC1CC2(NC(=O)COc3ccc(Cl)c(F)c3)CC1C2. The van der Waals surface area contributed by atoms with E-state index >= 15 is 0 Å². The quantitative estimate of drug-likeness (QED) is 0.519. The molecule has 172 valence electrons. The Labute approximate surface area is 193 Å². The maximum atomic E-state index is 13.5. The van der Waals surface area contributed by atoms with Gasteiger partial charge in [-0.25, -0.2) is 8.91 Å². The van der Waals surface area contributed by atoms with Crippen LogP contribution in [0.15, 0.2) is 42.7 Å². The minimum absolute atomic E-state index is 0.00806. The number of carbonyl (C=O) groups is 2. The molecule has 3 fully saturated rings. The van der Waals surface area contributed by atoms with Crippen LogP contribution in [0.3, 0.4) is 0 Å². The fourth-order valence-electron chi connectivity index (χ4n) is 4.62. The molecule has 1 aromatic carbocycles. The molecule has 11 heteroatoms. The summed E-state index contributed by atoms with van der Waals surface area (Å²) in [5, 5.41) is 10.1. The fraction of sp³-hybridized carbons (Fsp3) is 0.364. The number of hydrogen-bond donors (Lipinski definition) is 2. The van der Waals surface area contributed by atoms with E-state index in [4.69, 9.17) is 21.1 Å². The third-order valence-electron chi connectivity index (χ3n) is 6.08. The van der Waals surface area contributed by atoms with Crippen LogP contribution < -0.4 is 20.1 Å². The third-order valence-corrected chi connectivity index (χ3v) is 6.39. The highest BCUT2D eigenvalue weighted by atomic mass is 35.5. The summed E-state index contributed by atoms with van der Waals surface area (Å²) in [7, 11) is 0. The van der Waals surface area contributed by atoms with E-state index in [0.717, 1.165) is 18.9 Å². The molecular weight excluding hydrogens is 453 g/mol. The first-order valence-electron chi connectivity index (χ1n) is 10.5. The predicted molar refractivity (Wildman–Crippen MR) is 116 cm³/mol. The smallest absolute Gasteiger partial charge is 0.258 e. The second-order valence-corrected chi connectivity index (χ2v) is 8.84. The van der Waals surface area contributed by atoms with Crippen molar-refractivity contribution in [2.75, 3.05) is 13.2 Å². The summed E-state index contributed by atoms with van der Waals surface area (Å²) in [6.07, 6.45) is 5.56. The van der Waals surface area contributed by atoms with E-state index in [9.17, 15) is 14.0 Å². The molecule has 0 aliphatic heterocycles. The van der Waals surface area contributed by atoms with Gasteiger partial charge in [0.25, 0.3) is 11.8 Å². The van der Waals surface area contributed by atoms with Gasteiger partial charge >= 0.3 is 0 Å². The molecular formula is C22H21ClFN5O4. The molecule has 2 amide bonds. The summed E-state index contributed by atoms with van der Waals surface area (Å²) in [5.74, 6) is -0.251. The van der Waals surface area contributed by atoms with Crippen molar-refractivity contribution in [1.82, 2.24) is 25.2 Å². The molecule has 0 spiro atoms. The fourth-order valence-corrected chi connectivity index (χ4v) is 4.73. The lowest BCUT2D eigenvalue weighted by Gasteiger charge is -2.39. The molecule has 9 nitrogen and oxygen atoms in total. The number of hydrogen-bond acceptors (Lipinski definition) is 6. The van der Waals surface area contributed by atoms with Gasteiger partial charge in [-0.15, -0.1) is 0 Å². The van der Waals surface area contributed by atoms with Crippen LogP contribution in [0.5, 0.6) is 11.6 Å². The van der Waals surface area contributed by atoms with Crippen molar-refractivity contribution in [1.29, 1.82) is 0 Å². The number of nitrogens with zero attached hydrogens (tertiary/aromatic N) is 3. The molecule has 1 unspecified atom stereocenters. The second-order valence-electron chi connectivity index (χ2n) is 8.43. The highest BCUT2D eigenvalue weighted by molar-refractivity contribution is 6.30. The molecule has 33 heavy (non-hydrogen) atoms. The van der Waals surface area contributed by atoms with Crippen LogP contribution >= 0.6 is 11.6 Å². The first kappa shape index (κ1) is 21.4. The molecule has 2 N–H and O–H groups in total. The Balaban J connectivity index is 1.07. The Morgan fingerprint density at radius 3 is 2.79 bits per heavy atom. The Morgan fingerprint density at radius 2 is 1.97 bits per heavy atom. The van der Waals surface area contributed by atoms with Crippen molar-refractivity contribution in [3.63, 3.8) is 0 Å². The topological polar surface area (TPSA) is 107 Å². The maximum absolute atomic E-state index is 13.5. The summed E-state index contributed by atoms with van der Waals surface area (Å²) in [6.45, 7) is -0.377. The number of fused-ring (bicyclic) bond motifs is 2. The van der Waals surface area contributed by atoms with Crippen molar-refractivity contribution >= 4 is 29.1 Å². The van der Waals surface area contributed by atoms with Crippen molar-refractivity contribution in [3.05, 3.63) is 53.6 Å². The molecule has 0 saturated heterocycles. The van der Waals surface area contributed by atoms with Gasteiger partial charge in [0.2, 0.25) is 5.88 Å². The minimum Gasteiger partial charge on any atom is -0.484 e. The van der Waals surface area contributed by atoms with E-state index in [0.29, 0.717) is 23.9 Å². The van der Waals surface area contributed by atoms with Gasteiger partial charge in [-0.05, 0) is 37.3 Å². The van der Waals surface area contributed by atoms with Gasteiger partial charge in [0.05, 0.1) is 11.2 Å². The normalized spacial score (nSPS) is 23.1. The summed E-state index contributed by atoms with van der Waals surface area (Å²) in [5.41, 5.74) is 0.288. The number of aromatic nitrogens is 3. The van der Waals surface area contributed by atoms with Gasteiger partial charge in [0, 0.05) is 36.0 Å². The van der Waals surface area contributed by atoms with E-state index in [1.807, 2.05) is 0 Å². The average Bonchev–Trinajstić information content (AvgIpc) is 3.45. The van der Waals surface area contributed by atoms with Crippen molar-refractivity contribution in [3.8, 4) is 11.6 Å². The molecule has 2 heterocycles. The van der Waals surface area contributed by atoms with Gasteiger partial charge in [0.15, 0.2) is 18.9 Å². The zero-order chi connectivity index (χ0) is 23.0. The molecule has 2 bridgehead atoms. The van der Waals surface area contributed by atoms with Crippen molar-refractivity contribution in [2.24, 2.45) is 5.92 Å². The van der Waals surface area contributed by atoms with Crippen LogP contribution in [0.25, 0.3) is 5.65 Å². The van der Waals surface area contributed by atoms with Gasteiger partial charge in [0.1, 0.15) is 11.6 Å². The Hall–Kier alpha value is -3.40. The first-order valence-corrected chi connectivity index (χ1v) is 10.9. The zero-order valence-electron chi connectivity index (χ0n) is 17.5. The van der Waals surface area contributed by atoms with Crippen molar-refractivity contribution in [2.45, 2.75) is 30.8 Å². The standard InChI is InChI=1S/C22H21ClFN5O4/c23-15-2-1-14(7-16(15)24)32-12-20(31)28-22-8-13(9-22)17(10-22)26-19(30)11-33-21-4-6-29-18(27-21)3-5-25-29/h1-7,13,17H,8-12H2,(H,26,30)(H,28,31). The van der Waals surface area contributed by atoms with Gasteiger partial charge in [-0.1, -0.05) is 11.6 Å². The Bertz CT molecular complexity index is 1210. The number of halogens is 2. The van der Waals surface area contributed by atoms with E-state index in [1.165, 1.54) is 12.1 Å². The van der Waals surface area contributed by atoms with E-state index in [-0.39, 0.29) is 47.4 Å². The molecule has 3 aliphatic carbocycles. The summed E-state index contributed by atoms with van der Waals surface area (Å²) in [6, 6.07) is 7.37. The molecule has 3 saturated carbocycles. The highest BCUT2D eigenvalue weighted by Gasteiger charge is 2.57. The lowest BCUT2D eigenvalue weighted by atomic mass is 9.76. The number of nitrogens with one attached hydrogen (secondary N) is 2. The average molecular weight is 474 g/mol. The van der Waals surface area contributed by atoms with Crippen LogP contribution in [-0.4, -0.2) is 51.2 Å². The number of rotatable bonds is 8. The molecule has 1 atom stereocenters. The molecule has 3 aromatic rings. The van der Waals surface area contributed by atoms with Crippen LogP contribution in [-0.2, 0) is 9.59 Å². The summed E-state index contributed by atoms with van der Waals surface area (Å²) in [4.78, 5) is 29.0. The lowest BCUT2D eigenvalue weighted by Crippen LogP contribution is -2.53. The first-order chi connectivity index (χ1) is 15.9. The molecule has 3 aliphatic rings. The lowest BCUT2D eigenvalue weighted by molar-refractivity contribution is -0.126. The third kappa shape index (κ3) is 4.56. The largest absolute Gasteiger partial charge is 0.484 e. The van der Waals surface area contributed by atoms with Crippen LogP contribution in [0, 0.1) is 11.7 Å². The molecule has 0 radical (unpaired) electrons. The maximum Gasteiger partial charge on any atom is 0.258 e. The van der Waals surface area contributed by atoms with Gasteiger partial charge in [-0.2, -0.15) is 10.1 Å². The van der Waals surface area contributed by atoms with Gasteiger partial charge in [-0.3, -0.25) is 9.59 Å². The van der Waals surface area contributed by atoms with E-state index in [1.54, 1.807) is 29.0 Å². The van der Waals surface area contributed by atoms with Gasteiger partial charge < -0.3 is 20.1 Å². The second kappa shape index (κ2) is 8.51. The Morgan fingerprint density at radius 1 is 1.15 bits per heavy atom. The summed E-state index contributed by atoms with van der Waals surface area (Å²) < 4.78 is 25.9. The summed E-state index contributed by atoms with van der Waals surface area (Å²) >= 11 is 5.64. The van der Waals surface area contributed by atoms with Crippen LogP contribution in [0.1, 0.15) is 19.3 Å².